The van der Waals surface area contributed by atoms with Crippen molar-refractivity contribution in [3.8, 4) is 0 Å². The number of benzene rings is 1. The lowest BCUT2D eigenvalue weighted by molar-refractivity contribution is -0.143. The third-order valence-corrected chi connectivity index (χ3v) is 3.08. The summed E-state index contributed by atoms with van der Waals surface area (Å²) < 4.78 is 12.7. The van der Waals surface area contributed by atoms with E-state index in [2.05, 4.69) is 0 Å². The van der Waals surface area contributed by atoms with Crippen molar-refractivity contribution in [2.75, 3.05) is 26.7 Å². The SMILES string of the molecule is CN1CCN(C(=O)Cc2ccc(F)cc2)CC1=O. The van der Waals surface area contributed by atoms with Crippen LogP contribution in [0.1, 0.15) is 5.56 Å². The number of amides is 2. The van der Waals surface area contributed by atoms with Gasteiger partial charge < -0.3 is 9.80 Å². The molecule has 18 heavy (non-hydrogen) atoms. The number of rotatable bonds is 2. The Balaban J connectivity index is 1.96. The van der Waals surface area contributed by atoms with E-state index < -0.39 is 0 Å². The van der Waals surface area contributed by atoms with Crippen LogP contribution >= 0.6 is 0 Å². The Morgan fingerprint density at radius 3 is 2.56 bits per heavy atom. The van der Waals surface area contributed by atoms with E-state index in [1.807, 2.05) is 0 Å². The van der Waals surface area contributed by atoms with Crippen LogP contribution in [0.5, 0.6) is 0 Å². The van der Waals surface area contributed by atoms with Crippen molar-refractivity contribution >= 4 is 11.8 Å². The van der Waals surface area contributed by atoms with Gasteiger partial charge >= 0.3 is 0 Å². The maximum Gasteiger partial charge on any atom is 0.241 e. The lowest BCUT2D eigenvalue weighted by Crippen LogP contribution is -2.51. The highest BCUT2D eigenvalue weighted by Gasteiger charge is 2.24. The van der Waals surface area contributed by atoms with Crippen molar-refractivity contribution in [2.24, 2.45) is 0 Å². The molecule has 0 unspecified atom stereocenters. The van der Waals surface area contributed by atoms with Gasteiger partial charge in [-0.15, -0.1) is 0 Å². The molecule has 1 aliphatic heterocycles. The van der Waals surface area contributed by atoms with E-state index in [1.54, 1.807) is 29.0 Å². The second-order valence-corrected chi connectivity index (χ2v) is 4.43. The summed E-state index contributed by atoms with van der Waals surface area (Å²) in [7, 11) is 1.73. The fourth-order valence-corrected chi connectivity index (χ4v) is 1.86. The monoisotopic (exact) mass is 250 g/mol. The maximum atomic E-state index is 12.7. The van der Waals surface area contributed by atoms with Crippen LogP contribution in [0, 0.1) is 5.82 Å². The van der Waals surface area contributed by atoms with E-state index in [9.17, 15) is 14.0 Å². The summed E-state index contributed by atoms with van der Waals surface area (Å²) >= 11 is 0. The van der Waals surface area contributed by atoms with Gasteiger partial charge in [0, 0.05) is 20.1 Å². The molecule has 0 atom stereocenters. The zero-order valence-electron chi connectivity index (χ0n) is 10.2. The van der Waals surface area contributed by atoms with E-state index in [0.717, 1.165) is 5.56 Å². The molecule has 2 rings (SSSR count). The molecule has 0 saturated carbocycles. The minimum absolute atomic E-state index is 0.0475. The number of likely N-dealkylation sites (N-methyl/N-ethyl adjacent to an activating group) is 1. The van der Waals surface area contributed by atoms with E-state index in [1.165, 1.54) is 12.1 Å². The summed E-state index contributed by atoms with van der Waals surface area (Å²) in [6.45, 7) is 1.26. The summed E-state index contributed by atoms with van der Waals surface area (Å²) in [5, 5.41) is 0. The predicted molar refractivity (Wildman–Crippen MR) is 64.3 cm³/mol. The van der Waals surface area contributed by atoms with Gasteiger partial charge in [0.2, 0.25) is 11.8 Å². The second kappa shape index (κ2) is 5.16. The first-order valence-electron chi connectivity index (χ1n) is 5.82. The Hall–Kier alpha value is -1.91. The lowest BCUT2D eigenvalue weighted by Gasteiger charge is -2.32. The van der Waals surface area contributed by atoms with Crippen LogP contribution in [-0.2, 0) is 16.0 Å². The van der Waals surface area contributed by atoms with Gasteiger partial charge in [-0.1, -0.05) is 12.1 Å². The fraction of sp³-hybridized carbons (Fsp3) is 0.385. The highest BCUT2D eigenvalue weighted by atomic mass is 19.1. The molecule has 96 valence electrons. The number of nitrogens with zero attached hydrogens (tertiary/aromatic N) is 2. The predicted octanol–water partition coefficient (Wildman–Crippen LogP) is 0.669. The molecule has 1 fully saturated rings. The molecule has 0 bridgehead atoms. The van der Waals surface area contributed by atoms with Gasteiger partial charge in [0.1, 0.15) is 5.82 Å². The normalized spacial score (nSPS) is 16.0. The number of halogens is 1. The van der Waals surface area contributed by atoms with Crippen molar-refractivity contribution in [3.63, 3.8) is 0 Å². The lowest BCUT2D eigenvalue weighted by atomic mass is 10.1. The first-order valence-corrected chi connectivity index (χ1v) is 5.82. The van der Waals surface area contributed by atoms with Crippen molar-refractivity contribution in [1.29, 1.82) is 0 Å². The minimum Gasteiger partial charge on any atom is -0.342 e. The van der Waals surface area contributed by atoms with Gasteiger partial charge in [-0.25, -0.2) is 4.39 Å². The van der Waals surface area contributed by atoms with Gasteiger partial charge in [0.15, 0.2) is 0 Å². The quantitative estimate of drug-likeness (QED) is 0.774. The zero-order valence-corrected chi connectivity index (χ0v) is 10.2. The standard InChI is InChI=1S/C13H15FN2O2/c1-15-6-7-16(9-13(15)18)12(17)8-10-2-4-11(14)5-3-10/h2-5H,6-9H2,1H3. The largest absolute Gasteiger partial charge is 0.342 e. The smallest absolute Gasteiger partial charge is 0.241 e. The summed E-state index contributed by atoms with van der Waals surface area (Å²) in [4.78, 5) is 26.6. The van der Waals surface area contributed by atoms with Crippen LogP contribution in [0.4, 0.5) is 4.39 Å². The Bertz CT molecular complexity index is 459. The molecule has 1 aliphatic rings. The fourth-order valence-electron chi connectivity index (χ4n) is 1.86. The van der Waals surface area contributed by atoms with E-state index in [-0.39, 0.29) is 30.6 Å². The molecule has 0 radical (unpaired) electrons. The van der Waals surface area contributed by atoms with Gasteiger partial charge in [0.05, 0.1) is 13.0 Å². The van der Waals surface area contributed by atoms with Gasteiger partial charge in [-0.3, -0.25) is 9.59 Å². The zero-order chi connectivity index (χ0) is 13.1. The summed E-state index contributed by atoms with van der Waals surface area (Å²) in [5.41, 5.74) is 0.757. The summed E-state index contributed by atoms with van der Waals surface area (Å²) in [6, 6.07) is 5.84. The Morgan fingerprint density at radius 1 is 1.28 bits per heavy atom. The summed E-state index contributed by atoms with van der Waals surface area (Å²) in [5.74, 6) is -0.460. The van der Waals surface area contributed by atoms with Crippen molar-refractivity contribution in [1.82, 2.24) is 9.80 Å². The average molecular weight is 250 g/mol. The van der Waals surface area contributed by atoms with Crippen LogP contribution < -0.4 is 0 Å². The van der Waals surface area contributed by atoms with Crippen molar-refractivity contribution in [2.45, 2.75) is 6.42 Å². The van der Waals surface area contributed by atoms with Crippen LogP contribution in [0.15, 0.2) is 24.3 Å². The maximum absolute atomic E-state index is 12.7. The number of hydrogen-bond acceptors (Lipinski definition) is 2. The molecule has 0 aromatic heterocycles. The molecular formula is C13H15FN2O2. The third-order valence-electron chi connectivity index (χ3n) is 3.08. The molecule has 1 aromatic rings. The Labute approximate surface area is 105 Å². The van der Waals surface area contributed by atoms with Crippen LogP contribution in [0.3, 0.4) is 0 Å². The molecule has 2 amide bonds. The molecule has 0 spiro atoms. The van der Waals surface area contributed by atoms with Gasteiger partial charge in [-0.2, -0.15) is 0 Å². The molecular weight excluding hydrogens is 235 g/mol. The molecule has 5 heteroatoms. The second-order valence-electron chi connectivity index (χ2n) is 4.43. The highest BCUT2D eigenvalue weighted by molar-refractivity contribution is 5.86. The van der Waals surface area contributed by atoms with Crippen LogP contribution in [0.2, 0.25) is 0 Å². The number of hydrogen-bond donors (Lipinski definition) is 0. The Kier molecular flexibility index (Phi) is 3.60. The molecule has 1 saturated heterocycles. The van der Waals surface area contributed by atoms with Crippen molar-refractivity contribution < 1.29 is 14.0 Å². The number of carbonyl (C=O) groups is 2. The topological polar surface area (TPSA) is 40.6 Å². The Morgan fingerprint density at radius 2 is 1.94 bits per heavy atom. The van der Waals surface area contributed by atoms with Gasteiger partial charge in [0.25, 0.3) is 0 Å². The van der Waals surface area contributed by atoms with Gasteiger partial charge in [-0.05, 0) is 17.7 Å². The average Bonchev–Trinajstić information content (AvgIpc) is 2.35. The minimum atomic E-state index is -0.319. The van der Waals surface area contributed by atoms with E-state index in [4.69, 9.17) is 0 Å². The number of piperazine rings is 1. The number of carbonyl (C=O) groups excluding carboxylic acids is 2. The highest BCUT2D eigenvalue weighted by Crippen LogP contribution is 2.08. The van der Waals surface area contributed by atoms with Crippen LogP contribution in [0.25, 0.3) is 0 Å². The summed E-state index contributed by atoms with van der Waals surface area (Å²) in [6.07, 6.45) is 0.206. The van der Waals surface area contributed by atoms with Crippen molar-refractivity contribution in [3.05, 3.63) is 35.6 Å². The van der Waals surface area contributed by atoms with E-state index >= 15 is 0 Å². The first-order chi connectivity index (χ1) is 8.56. The van der Waals surface area contributed by atoms with E-state index in [0.29, 0.717) is 13.1 Å². The molecule has 0 aliphatic carbocycles. The molecule has 4 nitrogen and oxygen atoms in total. The molecule has 1 aromatic carbocycles. The molecule has 0 N–H and O–H groups in total. The first kappa shape index (κ1) is 12.5. The molecule has 1 heterocycles. The third kappa shape index (κ3) is 2.85. The van der Waals surface area contributed by atoms with Crippen LogP contribution in [-0.4, -0.2) is 48.3 Å².